The van der Waals surface area contributed by atoms with Crippen molar-refractivity contribution in [3.63, 3.8) is 0 Å². The van der Waals surface area contributed by atoms with E-state index in [1.807, 2.05) is 0 Å². The van der Waals surface area contributed by atoms with Gasteiger partial charge in [-0.15, -0.1) is 0 Å². The minimum absolute atomic E-state index is 0.0127. The Morgan fingerprint density at radius 3 is 2.77 bits per heavy atom. The molecule has 0 radical (unpaired) electrons. The predicted octanol–water partition coefficient (Wildman–Crippen LogP) is 2.62. The molecule has 1 N–H and O–H groups in total. The first-order valence-electron chi connectivity index (χ1n) is 9.92. The van der Waals surface area contributed by atoms with Crippen LogP contribution in [0.25, 0.3) is 5.65 Å². The largest absolute Gasteiger partial charge is 0.348 e. The molecule has 1 amide bonds. The third-order valence-electron chi connectivity index (χ3n) is 5.46. The van der Waals surface area contributed by atoms with E-state index in [2.05, 4.69) is 20.1 Å². The number of imidazole rings is 1. The summed E-state index contributed by atoms with van der Waals surface area (Å²) in [5.74, 6) is -0.974. The van der Waals surface area contributed by atoms with E-state index in [1.165, 1.54) is 29.9 Å². The fraction of sp³-hybridized carbons (Fsp3) is 0.400. The van der Waals surface area contributed by atoms with Crippen molar-refractivity contribution in [2.24, 2.45) is 0 Å². The van der Waals surface area contributed by atoms with Crippen molar-refractivity contribution >= 4 is 34.8 Å². The number of aromatic amines is 1. The lowest BCUT2D eigenvalue weighted by Gasteiger charge is -2.22. The van der Waals surface area contributed by atoms with Crippen molar-refractivity contribution in [2.75, 3.05) is 33.2 Å². The van der Waals surface area contributed by atoms with Gasteiger partial charge in [0.1, 0.15) is 11.5 Å². The first-order valence-corrected chi connectivity index (χ1v) is 10.7. The lowest BCUT2D eigenvalue weighted by atomic mass is 10.0. The molecule has 0 unspecified atom stereocenters. The Morgan fingerprint density at radius 2 is 2.03 bits per heavy atom. The van der Waals surface area contributed by atoms with Gasteiger partial charge in [-0.1, -0.05) is 29.3 Å². The van der Waals surface area contributed by atoms with Crippen LogP contribution in [0.5, 0.6) is 0 Å². The number of H-pyrrole nitrogens is 1. The number of carbonyl (C=O) groups excluding carboxylic acids is 1. The van der Waals surface area contributed by atoms with Crippen LogP contribution in [-0.2, 0) is 6.42 Å². The number of nitrogens with one attached hydrogen (secondary N) is 1. The van der Waals surface area contributed by atoms with Gasteiger partial charge >= 0.3 is 5.69 Å². The van der Waals surface area contributed by atoms with E-state index in [-0.39, 0.29) is 33.8 Å². The van der Waals surface area contributed by atoms with Gasteiger partial charge in [0.2, 0.25) is 0 Å². The van der Waals surface area contributed by atoms with Crippen molar-refractivity contribution in [3.05, 3.63) is 61.6 Å². The highest BCUT2D eigenvalue weighted by Crippen LogP contribution is 2.23. The predicted molar refractivity (Wildman–Crippen MR) is 115 cm³/mol. The number of hydrogen-bond donors (Lipinski definition) is 1. The molecule has 3 aromatic rings. The summed E-state index contributed by atoms with van der Waals surface area (Å²) >= 11 is 12.0. The second kappa shape index (κ2) is 8.94. The first-order chi connectivity index (χ1) is 14.8. The Hall–Kier alpha value is -2.49. The highest BCUT2D eigenvalue weighted by molar-refractivity contribution is 6.40. The van der Waals surface area contributed by atoms with Crippen LogP contribution in [0.4, 0.5) is 4.39 Å². The topological polar surface area (TPSA) is 86.6 Å². The van der Waals surface area contributed by atoms with Gasteiger partial charge in [-0.25, -0.2) is 23.7 Å². The zero-order valence-corrected chi connectivity index (χ0v) is 18.4. The summed E-state index contributed by atoms with van der Waals surface area (Å²) in [7, 11) is 1.67. The van der Waals surface area contributed by atoms with Crippen molar-refractivity contribution in [3.8, 4) is 0 Å². The molecule has 0 atom stereocenters. The van der Waals surface area contributed by atoms with E-state index < -0.39 is 11.5 Å². The van der Waals surface area contributed by atoms with Gasteiger partial charge in [0.15, 0.2) is 16.0 Å². The van der Waals surface area contributed by atoms with Gasteiger partial charge in [0, 0.05) is 26.6 Å². The van der Waals surface area contributed by atoms with Gasteiger partial charge in [0.05, 0.1) is 5.56 Å². The molecular formula is C20H21Cl2FN6O2. The van der Waals surface area contributed by atoms with E-state index in [4.69, 9.17) is 23.2 Å². The Bertz CT molecular complexity index is 1190. The van der Waals surface area contributed by atoms with Gasteiger partial charge in [0.25, 0.3) is 5.91 Å². The normalized spacial score (nSPS) is 14.5. The van der Waals surface area contributed by atoms with Crippen LogP contribution < -0.4 is 5.69 Å². The number of nitrogens with zero attached hydrogens (tertiary/aromatic N) is 5. The highest BCUT2D eigenvalue weighted by Gasteiger charge is 2.20. The zero-order valence-electron chi connectivity index (χ0n) is 16.9. The molecule has 164 valence electrons. The van der Waals surface area contributed by atoms with Crippen molar-refractivity contribution in [1.29, 1.82) is 0 Å². The number of benzene rings is 1. The molecule has 4 rings (SSSR count). The molecule has 0 spiro atoms. The maximum absolute atomic E-state index is 14.5. The second-order valence-electron chi connectivity index (χ2n) is 7.59. The maximum Gasteiger partial charge on any atom is 0.348 e. The van der Waals surface area contributed by atoms with Crippen LogP contribution in [-0.4, -0.2) is 68.5 Å². The molecule has 8 nitrogen and oxygen atoms in total. The Labute approximate surface area is 187 Å². The van der Waals surface area contributed by atoms with Gasteiger partial charge in [-0.05, 0) is 43.6 Å². The fourth-order valence-electron chi connectivity index (χ4n) is 3.73. The van der Waals surface area contributed by atoms with Crippen LogP contribution in [0.2, 0.25) is 10.3 Å². The molecule has 1 aromatic carbocycles. The Morgan fingerprint density at radius 1 is 1.29 bits per heavy atom. The summed E-state index contributed by atoms with van der Waals surface area (Å²) in [6.07, 6.45) is 2.54. The number of fused-ring (bicyclic) bond motifs is 1. The minimum Gasteiger partial charge on any atom is -0.340 e. The van der Waals surface area contributed by atoms with E-state index in [0.29, 0.717) is 17.8 Å². The van der Waals surface area contributed by atoms with Gasteiger partial charge < -0.3 is 9.80 Å². The smallest absolute Gasteiger partial charge is 0.340 e. The van der Waals surface area contributed by atoms with E-state index >= 15 is 0 Å². The van der Waals surface area contributed by atoms with Gasteiger partial charge in [-0.2, -0.15) is 5.10 Å². The second-order valence-corrected chi connectivity index (χ2v) is 8.31. The Kier molecular flexibility index (Phi) is 6.27. The number of hydrogen-bond acceptors (Lipinski definition) is 5. The number of carbonyl (C=O) groups is 1. The minimum atomic E-state index is -0.590. The molecule has 0 aliphatic carbocycles. The molecule has 1 aliphatic rings. The van der Waals surface area contributed by atoms with E-state index in [9.17, 15) is 14.0 Å². The summed E-state index contributed by atoms with van der Waals surface area (Å²) in [4.78, 5) is 32.8. The lowest BCUT2D eigenvalue weighted by Crippen LogP contribution is -2.35. The van der Waals surface area contributed by atoms with Crippen LogP contribution in [0.1, 0.15) is 34.5 Å². The van der Waals surface area contributed by atoms with E-state index in [0.717, 1.165) is 24.0 Å². The first kappa shape index (κ1) is 21.7. The number of likely N-dealkylation sites (tertiary alicyclic amines) is 1. The fourth-order valence-corrected chi connectivity index (χ4v) is 4.10. The molecule has 1 aliphatic heterocycles. The lowest BCUT2D eigenvalue weighted by molar-refractivity contribution is 0.0777. The number of halogens is 3. The summed E-state index contributed by atoms with van der Waals surface area (Å²) < 4.78 is 15.6. The zero-order chi connectivity index (χ0) is 22.1. The number of amides is 1. The molecule has 31 heavy (non-hydrogen) atoms. The average Bonchev–Trinajstić information content (AvgIpc) is 3.38. The number of aromatic nitrogens is 4. The van der Waals surface area contributed by atoms with Crippen LogP contribution in [0.3, 0.4) is 0 Å². The molecule has 0 bridgehead atoms. The molecular weight excluding hydrogens is 446 g/mol. The summed E-state index contributed by atoms with van der Waals surface area (Å²) in [5, 5.41) is 6.34. The number of rotatable bonds is 6. The Balaban J connectivity index is 1.56. The monoisotopic (exact) mass is 466 g/mol. The van der Waals surface area contributed by atoms with Crippen molar-refractivity contribution in [1.82, 2.24) is 29.4 Å². The third kappa shape index (κ3) is 4.44. The van der Waals surface area contributed by atoms with Gasteiger partial charge in [-0.3, -0.25) is 4.79 Å². The summed E-state index contributed by atoms with van der Waals surface area (Å²) in [6, 6.07) is 4.32. The van der Waals surface area contributed by atoms with Crippen molar-refractivity contribution in [2.45, 2.75) is 19.3 Å². The molecule has 1 saturated heterocycles. The standard InChI is InChI=1S/C20H21Cl2FN6O2/c1-27(8-9-28-6-2-3-7-28)19(30)13-10-12(4-5-14(13)23)11-15-18-24-16(21)17(22)29(18)20(31)26-25-15/h4-5,10H,2-3,6-9,11H2,1H3,(H,26,31). The summed E-state index contributed by atoms with van der Waals surface area (Å²) in [5.41, 5.74) is 0.646. The highest BCUT2D eigenvalue weighted by atomic mass is 35.5. The third-order valence-corrected chi connectivity index (χ3v) is 6.17. The maximum atomic E-state index is 14.5. The number of likely N-dealkylation sites (N-methyl/N-ethyl adjacent to an activating group) is 1. The SMILES string of the molecule is CN(CCN1CCCC1)C(=O)c1cc(Cc2n[nH]c(=O)n3c(Cl)c(Cl)nc23)ccc1F. The average molecular weight is 467 g/mol. The molecule has 1 fully saturated rings. The van der Waals surface area contributed by atoms with Crippen molar-refractivity contribution < 1.29 is 9.18 Å². The van der Waals surface area contributed by atoms with E-state index in [1.54, 1.807) is 13.1 Å². The quantitative estimate of drug-likeness (QED) is 0.603. The molecule has 11 heteroatoms. The molecule has 2 aromatic heterocycles. The molecule has 3 heterocycles. The van der Waals surface area contributed by atoms with Crippen LogP contribution >= 0.6 is 23.2 Å². The van der Waals surface area contributed by atoms with Crippen LogP contribution in [0, 0.1) is 5.82 Å². The van der Waals surface area contributed by atoms with Crippen LogP contribution in [0.15, 0.2) is 23.0 Å². The summed E-state index contributed by atoms with van der Waals surface area (Å²) in [6.45, 7) is 3.36. The molecule has 0 saturated carbocycles.